The first-order chi connectivity index (χ1) is 9.33. The molecule has 1 atom stereocenters. The van der Waals surface area contributed by atoms with Crippen LogP contribution in [0.1, 0.15) is 19.3 Å². The Kier molecular flexibility index (Phi) is 4.18. The van der Waals surface area contributed by atoms with Gasteiger partial charge in [0.15, 0.2) is 0 Å². The van der Waals surface area contributed by atoms with E-state index in [0.29, 0.717) is 6.10 Å². The molecular formula is C15H17IN2O. The molecule has 1 unspecified atom stereocenters. The summed E-state index contributed by atoms with van der Waals surface area (Å²) >= 11 is 2.32. The molecule has 0 spiro atoms. The minimum atomic E-state index is 0.437. The van der Waals surface area contributed by atoms with Gasteiger partial charge in [0.1, 0.15) is 5.82 Å². The van der Waals surface area contributed by atoms with Crippen LogP contribution in [0.2, 0.25) is 0 Å². The van der Waals surface area contributed by atoms with E-state index in [9.17, 15) is 0 Å². The van der Waals surface area contributed by atoms with Gasteiger partial charge in [-0.05, 0) is 54.0 Å². The largest absolute Gasteiger partial charge is 0.378 e. The maximum atomic E-state index is 5.68. The molecule has 0 aliphatic carbocycles. The number of ether oxygens (including phenoxy) is 1. The van der Waals surface area contributed by atoms with Crippen molar-refractivity contribution < 1.29 is 4.74 Å². The van der Waals surface area contributed by atoms with Crippen molar-refractivity contribution in [2.45, 2.75) is 31.9 Å². The molecule has 1 aromatic heterocycles. The van der Waals surface area contributed by atoms with Crippen LogP contribution < -0.4 is 0 Å². The molecule has 3 nitrogen and oxygen atoms in total. The molecule has 2 aromatic rings. The van der Waals surface area contributed by atoms with Crippen LogP contribution in [0.3, 0.4) is 0 Å². The van der Waals surface area contributed by atoms with Crippen LogP contribution >= 0.6 is 22.6 Å². The van der Waals surface area contributed by atoms with Crippen molar-refractivity contribution in [2.24, 2.45) is 0 Å². The molecule has 4 heteroatoms. The van der Waals surface area contributed by atoms with E-state index >= 15 is 0 Å². The highest BCUT2D eigenvalue weighted by molar-refractivity contribution is 14.1. The molecular weight excluding hydrogens is 351 g/mol. The second-order valence-electron chi connectivity index (χ2n) is 4.87. The third-order valence-electron chi connectivity index (χ3n) is 3.53. The van der Waals surface area contributed by atoms with Crippen LogP contribution in [0.5, 0.6) is 0 Å². The normalized spacial score (nSPS) is 18.9. The lowest BCUT2D eigenvalue weighted by Crippen LogP contribution is -2.10. The first kappa shape index (κ1) is 13.1. The summed E-state index contributed by atoms with van der Waals surface area (Å²) in [5.41, 5.74) is 1.18. The van der Waals surface area contributed by atoms with E-state index in [2.05, 4.69) is 62.6 Å². The standard InChI is InChI=1S/C15H17IN2O/c16-13-5-3-12(4-6-13)15-17-8-10-18(15)9-7-14-2-1-11-19-14/h3-6,8,10,14H,1-2,7,9,11H2. The van der Waals surface area contributed by atoms with Crippen molar-refractivity contribution in [3.8, 4) is 11.4 Å². The summed E-state index contributed by atoms with van der Waals surface area (Å²) < 4.78 is 9.15. The van der Waals surface area contributed by atoms with E-state index in [4.69, 9.17) is 4.74 Å². The minimum absolute atomic E-state index is 0.437. The fraction of sp³-hybridized carbons (Fsp3) is 0.400. The Bertz CT molecular complexity index is 529. The number of halogens is 1. The summed E-state index contributed by atoms with van der Waals surface area (Å²) in [4.78, 5) is 4.48. The number of rotatable bonds is 4. The number of nitrogens with zero attached hydrogens (tertiary/aromatic N) is 2. The van der Waals surface area contributed by atoms with Gasteiger partial charge in [0, 0.05) is 34.7 Å². The van der Waals surface area contributed by atoms with Gasteiger partial charge in [-0.25, -0.2) is 4.98 Å². The average Bonchev–Trinajstić information content (AvgIpc) is 3.08. The molecule has 1 aliphatic rings. The lowest BCUT2D eigenvalue weighted by Gasteiger charge is -2.12. The quantitative estimate of drug-likeness (QED) is 0.770. The van der Waals surface area contributed by atoms with E-state index in [1.54, 1.807) is 0 Å². The first-order valence-corrected chi connectivity index (χ1v) is 7.79. The fourth-order valence-corrected chi connectivity index (χ4v) is 2.86. The molecule has 0 N–H and O–H groups in total. The van der Waals surface area contributed by atoms with Gasteiger partial charge in [-0.3, -0.25) is 0 Å². The molecule has 1 fully saturated rings. The van der Waals surface area contributed by atoms with Crippen LogP contribution in [-0.2, 0) is 11.3 Å². The van der Waals surface area contributed by atoms with Crippen LogP contribution in [0.4, 0.5) is 0 Å². The molecule has 1 aromatic carbocycles. The Labute approximate surface area is 127 Å². The molecule has 0 saturated carbocycles. The molecule has 1 saturated heterocycles. The zero-order valence-corrected chi connectivity index (χ0v) is 12.9. The van der Waals surface area contributed by atoms with Gasteiger partial charge in [-0.15, -0.1) is 0 Å². The lowest BCUT2D eigenvalue weighted by atomic mass is 10.1. The molecule has 0 bridgehead atoms. The van der Waals surface area contributed by atoms with Crippen LogP contribution in [0, 0.1) is 3.57 Å². The van der Waals surface area contributed by atoms with E-state index in [1.807, 2.05) is 6.20 Å². The van der Waals surface area contributed by atoms with E-state index in [1.165, 1.54) is 22.0 Å². The van der Waals surface area contributed by atoms with Crippen molar-refractivity contribution in [3.63, 3.8) is 0 Å². The van der Waals surface area contributed by atoms with Gasteiger partial charge in [0.25, 0.3) is 0 Å². The molecule has 0 radical (unpaired) electrons. The molecule has 19 heavy (non-hydrogen) atoms. The Balaban J connectivity index is 1.72. The zero-order chi connectivity index (χ0) is 13.1. The van der Waals surface area contributed by atoms with Crippen LogP contribution in [0.15, 0.2) is 36.7 Å². The highest BCUT2D eigenvalue weighted by Gasteiger charge is 2.16. The molecule has 3 rings (SSSR count). The number of imidazole rings is 1. The van der Waals surface area contributed by atoms with Crippen molar-refractivity contribution in [1.82, 2.24) is 9.55 Å². The highest BCUT2D eigenvalue weighted by atomic mass is 127. The van der Waals surface area contributed by atoms with Gasteiger partial charge < -0.3 is 9.30 Å². The second kappa shape index (κ2) is 6.05. The Morgan fingerprint density at radius 3 is 2.89 bits per heavy atom. The van der Waals surface area contributed by atoms with Crippen molar-refractivity contribution in [1.29, 1.82) is 0 Å². The van der Waals surface area contributed by atoms with Gasteiger partial charge in [0.2, 0.25) is 0 Å². The van der Waals surface area contributed by atoms with E-state index in [0.717, 1.165) is 25.4 Å². The number of aromatic nitrogens is 2. The van der Waals surface area contributed by atoms with Gasteiger partial charge in [-0.2, -0.15) is 0 Å². The summed E-state index contributed by atoms with van der Waals surface area (Å²) in [6, 6.07) is 8.50. The Morgan fingerprint density at radius 1 is 1.32 bits per heavy atom. The van der Waals surface area contributed by atoms with Crippen LogP contribution in [0.25, 0.3) is 11.4 Å². The minimum Gasteiger partial charge on any atom is -0.378 e. The average molecular weight is 368 g/mol. The second-order valence-corrected chi connectivity index (χ2v) is 6.12. The summed E-state index contributed by atoms with van der Waals surface area (Å²) in [7, 11) is 0. The van der Waals surface area contributed by atoms with Gasteiger partial charge in [-0.1, -0.05) is 12.1 Å². The molecule has 100 valence electrons. The molecule has 0 amide bonds. The monoisotopic (exact) mass is 368 g/mol. The number of hydrogen-bond donors (Lipinski definition) is 0. The van der Waals surface area contributed by atoms with Crippen molar-refractivity contribution in [3.05, 3.63) is 40.2 Å². The topological polar surface area (TPSA) is 27.1 Å². The molecule has 1 aliphatic heterocycles. The van der Waals surface area contributed by atoms with Gasteiger partial charge in [0.05, 0.1) is 6.10 Å². The van der Waals surface area contributed by atoms with Crippen molar-refractivity contribution in [2.75, 3.05) is 6.61 Å². The number of hydrogen-bond acceptors (Lipinski definition) is 2. The lowest BCUT2D eigenvalue weighted by molar-refractivity contribution is 0.100. The summed E-state index contributed by atoms with van der Waals surface area (Å²) in [5.74, 6) is 1.05. The van der Waals surface area contributed by atoms with Crippen LogP contribution in [-0.4, -0.2) is 22.3 Å². The Hall–Kier alpha value is -0.880. The summed E-state index contributed by atoms with van der Waals surface area (Å²) in [6.45, 7) is 1.91. The highest BCUT2D eigenvalue weighted by Crippen LogP contribution is 2.21. The maximum absolute atomic E-state index is 5.68. The smallest absolute Gasteiger partial charge is 0.139 e. The predicted molar refractivity (Wildman–Crippen MR) is 84.0 cm³/mol. The Morgan fingerprint density at radius 2 is 2.16 bits per heavy atom. The number of aryl methyl sites for hydroxylation is 1. The maximum Gasteiger partial charge on any atom is 0.139 e. The fourth-order valence-electron chi connectivity index (χ4n) is 2.50. The SMILES string of the molecule is Ic1ccc(-c2nccn2CCC2CCCO2)cc1. The van der Waals surface area contributed by atoms with E-state index in [-0.39, 0.29) is 0 Å². The third-order valence-corrected chi connectivity index (χ3v) is 4.25. The third kappa shape index (κ3) is 3.17. The summed E-state index contributed by atoms with van der Waals surface area (Å²) in [6.07, 6.45) is 7.86. The zero-order valence-electron chi connectivity index (χ0n) is 10.8. The van der Waals surface area contributed by atoms with Crippen molar-refractivity contribution >= 4 is 22.6 Å². The molecule has 2 heterocycles. The summed E-state index contributed by atoms with van der Waals surface area (Å²) in [5, 5.41) is 0. The predicted octanol–water partition coefficient (Wildman–Crippen LogP) is 3.72. The van der Waals surface area contributed by atoms with Gasteiger partial charge >= 0.3 is 0 Å². The number of benzene rings is 1. The van der Waals surface area contributed by atoms with E-state index < -0.39 is 0 Å². The first-order valence-electron chi connectivity index (χ1n) is 6.71.